The number of hydrogen-bond acceptors (Lipinski definition) is 4. The van der Waals surface area contributed by atoms with E-state index in [-0.39, 0.29) is 5.75 Å². The number of rotatable bonds is 6. The molecule has 8 heteroatoms. The Kier molecular flexibility index (Phi) is 6.04. The molecule has 0 aliphatic rings. The normalized spacial score (nSPS) is 11.1. The van der Waals surface area contributed by atoms with Crippen LogP contribution in [0.15, 0.2) is 21.5 Å². The van der Waals surface area contributed by atoms with Crippen LogP contribution >= 0.6 is 26.6 Å². The fraction of sp³-hybridized carbons (Fsp3) is 0.364. The summed E-state index contributed by atoms with van der Waals surface area (Å²) in [7, 11) is 0.960. The lowest BCUT2D eigenvalue weighted by Gasteiger charge is -2.09. The van der Waals surface area contributed by atoms with Crippen molar-refractivity contribution < 1.29 is 17.5 Å². The van der Waals surface area contributed by atoms with Gasteiger partial charge in [-0.2, -0.15) is 5.26 Å². The van der Waals surface area contributed by atoms with Crippen molar-refractivity contribution in [3.8, 4) is 11.8 Å². The molecular formula is C11H10BrClFNO3S. The largest absolute Gasteiger partial charge is 0.492 e. The van der Waals surface area contributed by atoms with Crippen LogP contribution in [0, 0.1) is 17.1 Å². The predicted octanol–water partition coefficient (Wildman–Crippen LogP) is 3.59. The maximum absolute atomic E-state index is 13.5. The Morgan fingerprint density at radius 2 is 2.11 bits per heavy atom. The molecule has 4 nitrogen and oxygen atoms in total. The first-order chi connectivity index (χ1) is 8.86. The lowest BCUT2D eigenvalue weighted by Crippen LogP contribution is -2.01. The SMILES string of the molecule is N#CCCCCOc1cc(F)c(S(=O)(=O)Cl)cc1Br. The average Bonchev–Trinajstić information content (AvgIpc) is 2.31. The van der Waals surface area contributed by atoms with Crippen molar-refractivity contribution in [1.29, 1.82) is 5.26 Å². The summed E-state index contributed by atoms with van der Waals surface area (Å²) in [6.07, 6.45) is 1.77. The minimum Gasteiger partial charge on any atom is -0.492 e. The van der Waals surface area contributed by atoms with E-state index in [2.05, 4.69) is 15.9 Å². The molecule has 0 saturated heterocycles. The highest BCUT2D eigenvalue weighted by Gasteiger charge is 2.19. The first kappa shape index (κ1) is 16.2. The first-order valence-electron chi connectivity index (χ1n) is 5.29. The number of hydrogen-bond donors (Lipinski definition) is 0. The topological polar surface area (TPSA) is 67.2 Å². The summed E-state index contributed by atoms with van der Waals surface area (Å²) < 4.78 is 41.3. The Morgan fingerprint density at radius 1 is 1.42 bits per heavy atom. The quantitative estimate of drug-likeness (QED) is 0.567. The van der Waals surface area contributed by atoms with Gasteiger partial charge in [0.1, 0.15) is 16.5 Å². The van der Waals surface area contributed by atoms with Crippen molar-refractivity contribution in [3.63, 3.8) is 0 Å². The van der Waals surface area contributed by atoms with E-state index in [4.69, 9.17) is 20.7 Å². The van der Waals surface area contributed by atoms with Gasteiger partial charge < -0.3 is 4.74 Å². The summed E-state index contributed by atoms with van der Waals surface area (Å²) in [4.78, 5) is -0.599. The highest BCUT2D eigenvalue weighted by Crippen LogP contribution is 2.31. The van der Waals surface area contributed by atoms with E-state index in [1.807, 2.05) is 6.07 Å². The maximum Gasteiger partial charge on any atom is 0.264 e. The molecule has 0 amide bonds. The molecule has 1 rings (SSSR count). The van der Waals surface area contributed by atoms with Gasteiger partial charge in [-0.25, -0.2) is 12.8 Å². The third-order valence-corrected chi connectivity index (χ3v) is 4.15. The number of nitrogens with zero attached hydrogens (tertiary/aromatic N) is 1. The summed E-state index contributed by atoms with van der Waals surface area (Å²) in [5, 5.41) is 8.35. The van der Waals surface area contributed by atoms with E-state index in [9.17, 15) is 12.8 Å². The van der Waals surface area contributed by atoms with Gasteiger partial charge in [-0.1, -0.05) is 0 Å². The van der Waals surface area contributed by atoms with Gasteiger partial charge in [0.2, 0.25) is 0 Å². The molecule has 0 aliphatic heterocycles. The number of nitriles is 1. The molecule has 0 fully saturated rings. The highest BCUT2D eigenvalue weighted by molar-refractivity contribution is 9.10. The van der Waals surface area contributed by atoms with Crippen molar-refractivity contribution >= 4 is 35.7 Å². The van der Waals surface area contributed by atoms with Gasteiger partial charge >= 0.3 is 0 Å². The molecule has 0 aromatic heterocycles. The molecule has 0 saturated carbocycles. The van der Waals surface area contributed by atoms with E-state index < -0.39 is 19.8 Å². The van der Waals surface area contributed by atoms with E-state index >= 15 is 0 Å². The van der Waals surface area contributed by atoms with Crippen LogP contribution in [0.5, 0.6) is 5.75 Å². The molecule has 0 radical (unpaired) electrons. The third-order valence-electron chi connectivity index (χ3n) is 2.19. The predicted molar refractivity (Wildman–Crippen MR) is 72.1 cm³/mol. The fourth-order valence-electron chi connectivity index (χ4n) is 1.30. The van der Waals surface area contributed by atoms with Crippen LogP contribution in [0.25, 0.3) is 0 Å². The highest BCUT2D eigenvalue weighted by atomic mass is 79.9. The van der Waals surface area contributed by atoms with Crippen LogP contribution in [0.4, 0.5) is 4.39 Å². The Bertz CT molecular complexity index is 601. The molecule has 0 spiro atoms. The second-order valence-electron chi connectivity index (χ2n) is 3.61. The second kappa shape index (κ2) is 7.08. The van der Waals surface area contributed by atoms with Gasteiger partial charge in [0, 0.05) is 23.2 Å². The molecule has 104 valence electrons. The van der Waals surface area contributed by atoms with Gasteiger partial charge in [0.15, 0.2) is 0 Å². The van der Waals surface area contributed by atoms with Crippen LogP contribution in [0.3, 0.4) is 0 Å². The van der Waals surface area contributed by atoms with Gasteiger partial charge in [0.05, 0.1) is 17.1 Å². The zero-order valence-corrected chi connectivity index (χ0v) is 12.9. The summed E-state index contributed by atoms with van der Waals surface area (Å²) in [6.45, 7) is 0.312. The van der Waals surface area contributed by atoms with Gasteiger partial charge in [-0.3, -0.25) is 0 Å². The van der Waals surface area contributed by atoms with Crippen molar-refractivity contribution in [2.75, 3.05) is 6.61 Å². The van der Waals surface area contributed by atoms with Crippen LogP contribution in [-0.2, 0) is 9.05 Å². The molecule has 0 N–H and O–H groups in total. The molecule has 0 aliphatic carbocycles. The molecule has 0 atom stereocenters. The summed E-state index contributed by atoms with van der Waals surface area (Å²) in [6, 6.07) is 4.02. The maximum atomic E-state index is 13.5. The molecule has 0 unspecified atom stereocenters. The van der Waals surface area contributed by atoms with Crippen molar-refractivity contribution in [2.24, 2.45) is 0 Å². The van der Waals surface area contributed by atoms with Gasteiger partial charge in [-0.05, 0) is 34.8 Å². The molecule has 0 bridgehead atoms. The van der Waals surface area contributed by atoms with Crippen molar-refractivity contribution in [1.82, 2.24) is 0 Å². The summed E-state index contributed by atoms with van der Waals surface area (Å²) >= 11 is 3.09. The molecule has 19 heavy (non-hydrogen) atoms. The Morgan fingerprint density at radius 3 is 2.68 bits per heavy atom. The van der Waals surface area contributed by atoms with E-state index in [0.29, 0.717) is 30.3 Å². The van der Waals surface area contributed by atoms with Crippen LogP contribution in [0.1, 0.15) is 19.3 Å². The number of unbranched alkanes of at least 4 members (excludes halogenated alkanes) is 2. The van der Waals surface area contributed by atoms with Crippen LogP contribution in [0.2, 0.25) is 0 Å². The van der Waals surface area contributed by atoms with Gasteiger partial charge in [-0.15, -0.1) is 0 Å². The standard InChI is InChI=1S/C11H10BrClFNO3S/c12-8-6-11(19(13,16)17)9(14)7-10(8)18-5-3-1-2-4-15/h6-7H,1-3,5H2. The summed E-state index contributed by atoms with van der Waals surface area (Å²) in [5.41, 5.74) is 0. The molecule has 0 heterocycles. The monoisotopic (exact) mass is 369 g/mol. The smallest absolute Gasteiger partial charge is 0.264 e. The first-order valence-corrected chi connectivity index (χ1v) is 8.40. The minimum absolute atomic E-state index is 0.193. The van der Waals surface area contributed by atoms with Crippen LogP contribution in [-0.4, -0.2) is 15.0 Å². The lowest BCUT2D eigenvalue weighted by atomic mass is 10.2. The van der Waals surface area contributed by atoms with E-state index in [0.717, 1.165) is 12.1 Å². The minimum atomic E-state index is -4.13. The van der Waals surface area contributed by atoms with Crippen molar-refractivity contribution in [3.05, 3.63) is 22.4 Å². The Labute approximate surface area is 123 Å². The van der Waals surface area contributed by atoms with E-state index in [1.165, 1.54) is 0 Å². The summed E-state index contributed by atoms with van der Waals surface area (Å²) in [5.74, 6) is -0.774. The van der Waals surface area contributed by atoms with Crippen LogP contribution < -0.4 is 4.74 Å². The second-order valence-corrected chi connectivity index (χ2v) is 7.00. The molecular weight excluding hydrogens is 361 g/mol. The van der Waals surface area contributed by atoms with Crippen molar-refractivity contribution in [2.45, 2.75) is 24.2 Å². The zero-order valence-electron chi connectivity index (χ0n) is 9.70. The fourth-order valence-corrected chi connectivity index (χ4v) is 2.81. The number of benzene rings is 1. The Balaban J connectivity index is 2.77. The zero-order chi connectivity index (χ0) is 14.5. The lowest BCUT2D eigenvalue weighted by molar-refractivity contribution is 0.303. The van der Waals surface area contributed by atoms with E-state index in [1.54, 1.807) is 0 Å². The Hall–Kier alpha value is -0.840. The third kappa shape index (κ3) is 4.97. The van der Waals surface area contributed by atoms with Gasteiger partial charge in [0.25, 0.3) is 9.05 Å². The molecule has 1 aromatic carbocycles. The molecule has 1 aromatic rings. The number of ether oxygens (including phenoxy) is 1. The average molecular weight is 371 g/mol. The number of halogens is 3.